The normalized spacial score (nSPS) is 12.6. The molecule has 0 aromatic carbocycles. The van der Waals surface area contributed by atoms with Crippen molar-refractivity contribution in [1.82, 2.24) is 9.36 Å². The Morgan fingerprint density at radius 3 is 2.31 bits per heavy atom. The van der Waals surface area contributed by atoms with Crippen LogP contribution in [0.3, 0.4) is 0 Å². The number of nitrogens with one attached hydrogen (secondary N) is 1. The molecule has 0 spiro atoms. The number of carboxylic acid groups (broad SMARTS) is 1. The Hall–Kier alpha value is -1.17. The monoisotopic (exact) mass is 243 g/mol. The first kappa shape index (κ1) is 12.9. The summed E-state index contributed by atoms with van der Waals surface area (Å²) in [7, 11) is 0. The van der Waals surface area contributed by atoms with Gasteiger partial charge in [-0.1, -0.05) is 0 Å². The lowest BCUT2D eigenvalue weighted by Gasteiger charge is -2.38. The zero-order chi connectivity index (χ0) is 12.6. The molecular weight excluding hydrogens is 226 g/mol. The number of nitrogens with zero attached hydrogens (tertiary/aromatic N) is 2. The Balaban J connectivity index is 2.90. The minimum Gasteiger partial charge on any atom is -0.481 e. The second-order valence-electron chi connectivity index (χ2n) is 4.83. The first-order valence-corrected chi connectivity index (χ1v) is 5.76. The maximum absolute atomic E-state index is 11.2. The van der Waals surface area contributed by atoms with Crippen LogP contribution in [0.5, 0.6) is 0 Å². The standard InChI is InChI=1S/C10H17N3O2S/c1-6-11-8(16-13-6)12-10(4,5)9(2,3)7(14)15/h1-5H3,(H,14,15)(H,11,12,13). The van der Waals surface area contributed by atoms with Gasteiger partial charge in [0, 0.05) is 17.1 Å². The Labute approximate surface area is 99.1 Å². The lowest BCUT2D eigenvalue weighted by atomic mass is 9.74. The van der Waals surface area contributed by atoms with Crippen molar-refractivity contribution in [3.8, 4) is 0 Å². The first-order valence-electron chi connectivity index (χ1n) is 4.99. The number of aromatic nitrogens is 2. The van der Waals surface area contributed by atoms with Crippen LogP contribution in [0.15, 0.2) is 0 Å². The minimum atomic E-state index is -0.896. The van der Waals surface area contributed by atoms with Crippen molar-refractivity contribution >= 4 is 22.6 Å². The van der Waals surface area contributed by atoms with Crippen LogP contribution in [0, 0.1) is 12.3 Å². The molecule has 0 radical (unpaired) electrons. The molecule has 0 aliphatic rings. The van der Waals surface area contributed by atoms with E-state index in [1.54, 1.807) is 20.8 Å². The molecule has 2 N–H and O–H groups in total. The molecule has 90 valence electrons. The van der Waals surface area contributed by atoms with Crippen molar-refractivity contribution in [2.75, 3.05) is 5.32 Å². The molecule has 1 heterocycles. The number of aryl methyl sites for hydroxylation is 1. The van der Waals surface area contributed by atoms with E-state index < -0.39 is 16.9 Å². The van der Waals surface area contributed by atoms with Crippen LogP contribution in [-0.2, 0) is 4.79 Å². The van der Waals surface area contributed by atoms with Crippen molar-refractivity contribution < 1.29 is 9.90 Å². The molecule has 0 atom stereocenters. The van der Waals surface area contributed by atoms with Gasteiger partial charge in [-0.05, 0) is 34.6 Å². The van der Waals surface area contributed by atoms with Gasteiger partial charge >= 0.3 is 5.97 Å². The van der Waals surface area contributed by atoms with Crippen LogP contribution in [-0.4, -0.2) is 26.0 Å². The summed E-state index contributed by atoms with van der Waals surface area (Å²) in [6, 6.07) is 0. The molecule has 5 nitrogen and oxygen atoms in total. The molecule has 1 rings (SSSR count). The summed E-state index contributed by atoms with van der Waals surface area (Å²) in [6.45, 7) is 8.87. The number of hydrogen-bond donors (Lipinski definition) is 2. The molecule has 0 saturated heterocycles. The highest BCUT2D eigenvalue weighted by atomic mass is 32.1. The Bertz CT molecular complexity index is 399. The molecule has 0 saturated carbocycles. The summed E-state index contributed by atoms with van der Waals surface area (Å²) in [5, 5.41) is 13.0. The summed E-state index contributed by atoms with van der Waals surface area (Å²) < 4.78 is 4.05. The number of rotatable bonds is 4. The van der Waals surface area contributed by atoms with Crippen LogP contribution < -0.4 is 5.32 Å². The third kappa shape index (κ3) is 2.32. The molecule has 0 aliphatic heterocycles. The second-order valence-corrected chi connectivity index (χ2v) is 5.58. The molecule has 0 fully saturated rings. The van der Waals surface area contributed by atoms with Gasteiger partial charge in [0.1, 0.15) is 5.82 Å². The smallest absolute Gasteiger partial charge is 0.311 e. The summed E-state index contributed by atoms with van der Waals surface area (Å²) in [6.07, 6.45) is 0. The second kappa shape index (κ2) is 4.01. The van der Waals surface area contributed by atoms with E-state index in [2.05, 4.69) is 14.7 Å². The molecule has 16 heavy (non-hydrogen) atoms. The first-order chi connectivity index (χ1) is 7.17. The quantitative estimate of drug-likeness (QED) is 0.847. The third-order valence-corrected chi connectivity index (χ3v) is 3.77. The lowest BCUT2D eigenvalue weighted by Crippen LogP contribution is -2.50. The molecule has 0 aliphatic carbocycles. The Morgan fingerprint density at radius 1 is 1.38 bits per heavy atom. The number of hydrogen-bond acceptors (Lipinski definition) is 5. The minimum absolute atomic E-state index is 0.606. The molecule has 0 unspecified atom stereocenters. The van der Waals surface area contributed by atoms with Crippen molar-refractivity contribution in [2.45, 2.75) is 40.2 Å². The van der Waals surface area contributed by atoms with Crippen LogP contribution >= 0.6 is 11.5 Å². The molecule has 0 amide bonds. The average Bonchev–Trinajstić information content (AvgIpc) is 2.49. The van der Waals surface area contributed by atoms with Crippen molar-refractivity contribution in [1.29, 1.82) is 0 Å². The molecule has 1 aromatic heterocycles. The van der Waals surface area contributed by atoms with E-state index in [0.717, 1.165) is 0 Å². The summed E-state index contributed by atoms with van der Waals surface area (Å²) in [4.78, 5) is 15.4. The summed E-state index contributed by atoms with van der Waals surface area (Å²) in [5.41, 5.74) is -1.50. The maximum atomic E-state index is 11.2. The van der Waals surface area contributed by atoms with Gasteiger partial charge in [0.2, 0.25) is 5.13 Å². The van der Waals surface area contributed by atoms with Gasteiger partial charge in [-0.15, -0.1) is 0 Å². The topological polar surface area (TPSA) is 75.1 Å². The third-order valence-electron chi connectivity index (χ3n) is 3.04. The fourth-order valence-corrected chi connectivity index (χ4v) is 1.77. The molecular formula is C10H17N3O2S. The zero-order valence-electron chi connectivity index (χ0n) is 10.2. The molecule has 1 aromatic rings. The predicted octanol–water partition coefficient (Wildman–Crippen LogP) is 2.15. The SMILES string of the molecule is Cc1nsc(NC(C)(C)C(C)(C)C(=O)O)n1. The summed E-state index contributed by atoms with van der Waals surface area (Å²) >= 11 is 1.24. The number of carboxylic acids is 1. The van der Waals surface area contributed by atoms with Crippen LogP contribution in [0.2, 0.25) is 0 Å². The van der Waals surface area contributed by atoms with E-state index in [0.29, 0.717) is 11.0 Å². The van der Waals surface area contributed by atoms with E-state index in [-0.39, 0.29) is 0 Å². The highest BCUT2D eigenvalue weighted by Gasteiger charge is 2.43. The number of aliphatic carboxylic acids is 1. The predicted molar refractivity (Wildman–Crippen MR) is 63.8 cm³/mol. The van der Waals surface area contributed by atoms with Gasteiger partial charge in [-0.25, -0.2) is 4.98 Å². The summed E-state index contributed by atoms with van der Waals surface area (Å²) in [5.74, 6) is -0.150. The van der Waals surface area contributed by atoms with E-state index in [9.17, 15) is 9.90 Å². The molecule has 0 bridgehead atoms. The highest BCUT2D eigenvalue weighted by Crippen LogP contribution is 2.34. The van der Waals surface area contributed by atoms with Crippen LogP contribution in [0.4, 0.5) is 5.13 Å². The fraction of sp³-hybridized carbons (Fsp3) is 0.700. The number of anilines is 1. The lowest BCUT2D eigenvalue weighted by molar-refractivity contribution is -0.149. The van der Waals surface area contributed by atoms with Gasteiger partial charge in [-0.2, -0.15) is 4.37 Å². The van der Waals surface area contributed by atoms with Gasteiger partial charge in [0.05, 0.1) is 5.41 Å². The van der Waals surface area contributed by atoms with E-state index in [1.807, 2.05) is 13.8 Å². The Morgan fingerprint density at radius 2 is 1.94 bits per heavy atom. The van der Waals surface area contributed by atoms with E-state index in [1.165, 1.54) is 11.5 Å². The van der Waals surface area contributed by atoms with Crippen molar-refractivity contribution in [2.24, 2.45) is 5.41 Å². The zero-order valence-corrected chi connectivity index (χ0v) is 11.0. The van der Waals surface area contributed by atoms with Gasteiger partial charge < -0.3 is 10.4 Å². The Kier molecular flexibility index (Phi) is 3.23. The fourth-order valence-electron chi connectivity index (χ4n) is 1.04. The van der Waals surface area contributed by atoms with Gasteiger partial charge in [0.25, 0.3) is 0 Å². The average molecular weight is 243 g/mol. The van der Waals surface area contributed by atoms with Crippen LogP contribution in [0.25, 0.3) is 0 Å². The van der Waals surface area contributed by atoms with Crippen LogP contribution in [0.1, 0.15) is 33.5 Å². The van der Waals surface area contributed by atoms with Crippen molar-refractivity contribution in [3.63, 3.8) is 0 Å². The van der Waals surface area contributed by atoms with Crippen molar-refractivity contribution in [3.05, 3.63) is 5.82 Å². The highest BCUT2D eigenvalue weighted by molar-refractivity contribution is 7.09. The largest absolute Gasteiger partial charge is 0.481 e. The van der Waals surface area contributed by atoms with Gasteiger partial charge in [0.15, 0.2) is 0 Å². The molecule has 6 heteroatoms. The van der Waals surface area contributed by atoms with Gasteiger partial charge in [-0.3, -0.25) is 4.79 Å². The van der Waals surface area contributed by atoms with E-state index in [4.69, 9.17) is 0 Å². The number of carbonyl (C=O) groups is 1. The maximum Gasteiger partial charge on any atom is 0.311 e. The van der Waals surface area contributed by atoms with E-state index >= 15 is 0 Å².